The summed E-state index contributed by atoms with van der Waals surface area (Å²) >= 11 is 0. The summed E-state index contributed by atoms with van der Waals surface area (Å²) in [6, 6.07) is 7.91. The molecule has 142 valence electrons. The second kappa shape index (κ2) is 8.20. The molecule has 1 aromatic heterocycles. The predicted molar refractivity (Wildman–Crippen MR) is 107 cm³/mol. The number of rotatable bonds is 5. The molecule has 0 spiro atoms. The van der Waals surface area contributed by atoms with Gasteiger partial charge in [0.15, 0.2) is 0 Å². The molecular weight excluding hydrogens is 340 g/mol. The first-order valence-corrected chi connectivity index (χ1v) is 9.13. The lowest BCUT2D eigenvalue weighted by molar-refractivity contribution is -0.127. The van der Waals surface area contributed by atoms with Crippen LogP contribution in [0.5, 0.6) is 5.75 Å². The van der Waals surface area contributed by atoms with Crippen molar-refractivity contribution in [1.29, 1.82) is 0 Å². The number of likely N-dealkylation sites (tertiary alicyclic amines) is 1. The summed E-state index contributed by atoms with van der Waals surface area (Å²) in [6.45, 7) is 5.03. The number of benzene rings is 1. The zero-order chi connectivity index (χ0) is 19.4. The summed E-state index contributed by atoms with van der Waals surface area (Å²) in [6.07, 6.45) is 5.20. The molecular formula is C21H26N4O2. The van der Waals surface area contributed by atoms with Gasteiger partial charge in [0, 0.05) is 44.9 Å². The highest BCUT2D eigenvalue weighted by Crippen LogP contribution is 2.35. The van der Waals surface area contributed by atoms with Crippen LogP contribution in [-0.4, -0.2) is 55.1 Å². The van der Waals surface area contributed by atoms with E-state index < -0.39 is 0 Å². The van der Waals surface area contributed by atoms with Crippen molar-refractivity contribution in [3.8, 4) is 16.9 Å². The molecule has 2 aromatic rings. The number of methoxy groups -OCH3 is 1. The van der Waals surface area contributed by atoms with Crippen molar-refractivity contribution in [3.63, 3.8) is 0 Å². The first-order chi connectivity index (χ1) is 13.0. The highest BCUT2D eigenvalue weighted by molar-refractivity contribution is 5.87. The smallest absolute Gasteiger partial charge is 0.245 e. The van der Waals surface area contributed by atoms with Crippen LogP contribution in [-0.2, 0) is 4.79 Å². The fourth-order valence-corrected chi connectivity index (χ4v) is 3.45. The third-order valence-corrected chi connectivity index (χ3v) is 4.88. The van der Waals surface area contributed by atoms with E-state index >= 15 is 0 Å². The molecule has 1 amide bonds. The van der Waals surface area contributed by atoms with Crippen LogP contribution in [0.25, 0.3) is 11.1 Å². The summed E-state index contributed by atoms with van der Waals surface area (Å²) in [5, 5.41) is 0. The molecule has 1 unspecified atom stereocenters. The number of nitrogens with zero attached hydrogens (tertiary/aromatic N) is 4. The van der Waals surface area contributed by atoms with Crippen LogP contribution >= 0.6 is 0 Å². The fraction of sp³-hybridized carbons (Fsp3) is 0.381. The second-order valence-electron chi connectivity index (χ2n) is 6.92. The van der Waals surface area contributed by atoms with Crippen molar-refractivity contribution in [2.24, 2.45) is 0 Å². The monoisotopic (exact) mass is 366 g/mol. The molecule has 1 atom stereocenters. The molecule has 0 radical (unpaired) electrons. The van der Waals surface area contributed by atoms with Crippen molar-refractivity contribution >= 4 is 11.9 Å². The molecule has 1 aliphatic rings. The van der Waals surface area contributed by atoms with Gasteiger partial charge in [0.2, 0.25) is 11.9 Å². The highest BCUT2D eigenvalue weighted by atomic mass is 16.5. The van der Waals surface area contributed by atoms with E-state index in [2.05, 4.69) is 11.6 Å². The number of ether oxygens (including phenoxy) is 1. The van der Waals surface area contributed by atoms with E-state index in [9.17, 15) is 4.79 Å². The Balaban J connectivity index is 2.04. The van der Waals surface area contributed by atoms with Crippen molar-refractivity contribution in [1.82, 2.24) is 14.9 Å². The standard InChI is InChI=1S/C21H26N4O2/c1-5-19(26)25-11-7-9-16(14-25)20-18(13-22-21(23-20)24(2)3)15-8-6-10-17(12-15)27-4/h5-6,8,10,12-13,16H,1,7,9,11,14H2,2-4H3. The summed E-state index contributed by atoms with van der Waals surface area (Å²) in [5.41, 5.74) is 2.97. The second-order valence-corrected chi connectivity index (χ2v) is 6.92. The van der Waals surface area contributed by atoms with Crippen LogP contribution in [0.2, 0.25) is 0 Å². The van der Waals surface area contributed by atoms with E-state index in [4.69, 9.17) is 9.72 Å². The lowest BCUT2D eigenvalue weighted by Gasteiger charge is -2.33. The molecule has 2 heterocycles. The predicted octanol–water partition coefficient (Wildman–Crippen LogP) is 3.11. The maximum atomic E-state index is 12.1. The topological polar surface area (TPSA) is 58.6 Å². The molecule has 1 saturated heterocycles. The first kappa shape index (κ1) is 18.9. The van der Waals surface area contributed by atoms with Crippen molar-refractivity contribution in [2.75, 3.05) is 39.2 Å². The lowest BCUT2D eigenvalue weighted by Crippen LogP contribution is -2.38. The largest absolute Gasteiger partial charge is 0.497 e. The number of hydrogen-bond donors (Lipinski definition) is 0. The molecule has 0 aliphatic carbocycles. The average molecular weight is 366 g/mol. The van der Waals surface area contributed by atoms with E-state index in [0.29, 0.717) is 12.5 Å². The van der Waals surface area contributed by atoms with Gasteiger partial charge in [-0.25, -0.2) is 9.97 Å². The molecule has 0 saturated carbocycles. The number of carbonyl (C=O) groups excluding carboxylic acids is 1. The van der Waals surface area contributed by atoms with Gasteiger partial charge in [0.1, 0.15) is 5.75 Å². The van der Waals surface area contributed by atoms with Crippen LogP contribution in [0, 0.1) is 0 Å². The number of carbonyl (C=O) groups is 1. The Morgan fingerprint density at radius 1 is 1.41 bits per heavy atom. The van der Waals surface area contributed by atoms with Gasteiger partial charge in [0.05, 0.1) is 12.8 Å². The summed E-state index contributed by atoms with van der Waals surface area (Å²) in [4.78, 5) is 25.2. The molecule has 1 aromatic carbocycles. The van der Waals surface area contributed by atoms with Crippen molar-refractivity contribution in [2.45, 2.75) is 18.8 Å². The van der Waals surface area contributed by atoms with Crippen LogP contribution in [0.15, 0.2) is 43.1 Å². The Kier molecular flexibility index (Phi) is 5.74. The van der Waals surface area contributed by atoms with Gasteiger partial charge in [-0.15, -0.1) is 0 Å². The van der Waals surface area contributed by atoms with Crippen molar-refractivity contribution < 1.29 is 9.53 Å². The normalized spacial score (nSPS) is 16.7. The minimum absolute atomic E-state index is 0.0236. The third kappa shape index (κ3) is 4.10. The van der Waals surface area contributed by atoms with E-state index in [1.165, 1.54) is 6.08 Å². The van der Waals surface area contributed by atoms with E-state index in [0.717, 1.165) is 42.0 Å². The number of anilines is 1. The van der Waals surface area contributed by atoms with Crippen LogP contribution in [0.3, 0.4) is 0 Å². The number of hydrogen-bond acceptors (Lipinski definition) is 5. The van der Waals surface area contributed by atoms with Gasteiger partial charge in [-0.05, 0) is 36.6 Å². The minimum atomic E-state index is -0.0236. The first-order valence-electron chi connectivity index (χ1n) is 9.13. The van der Waals surface area contributed by atoms with Gasteiger partial charge < -0.3 is 14.5 Å². The summed E-state index contributed by atoms with van der Waals surface area (Å²) < 4.78 is 5.37. The zero-order valence-corrected chi connectivity index (χ0v) is 16.2. The molecule has 6 heteroatoms. The van der Waals surface area contributed by atoms with Gasteiger partial charge in [-0.1, -0.05) is 18.7 Å². The van der Waals surface area contributed by atoms with Gasteiger partial charge in [-0.3, -0.25) is 4.79 Å². The molecule has 6 nitrogen and oxygen atoms in total. The molecule has 1 aliphatic heterocycles. The Labute approximate surface area is 160 Å². The maximum absolute atomic E-state index is 12.1. The Hall–Kier alpha value is -2.89. The van der Waals surface area contributed by atoms with Crippen LogP contribution in [0.1, 0.15) is 24.5 Å². The third-order valence-electron chi connectivity index (χ3n) is 4.88. The molecule has 0 N–H and O–H groups in total. The summed E-state index contributed by atoms with van der Waals surface area (Å²) in [5.74, 6) is 1.60. The average Bonchev–Trinajstić information content (AvgIpc) is 2.72. The summed E-state index contributed by atoms with van der Waals surface area (Å²) in [7, 11) is 5.52. The lowest BCUT2D eigenvalue weighted by atomic mass is 9.90. The van der Waals surface area contributed by atoms with Gasteiger partial charge in [0.25, 0.3) is 0 Å². The highest BCUT2D eigenvalue weighted by Gasteiger charge is 2.27. The van der Waals surface area contributed by atoms with Crippen molar-refractivity contribution in [3.05, 3.63) is 48.8 Å². The molecule has 1 fully saturated rings. The Morgan fingerprint density at radius 3 is 2.93 bits per heavy atom. The fourth-order valence-electron chi connectivity index (χ4n) is 3.45. The number of aromatic nitrogens is 2. The SMILES string of the molecule is C=CC(=O)N1CCCC(c2nc(N(C)C)ncc2-c2cccc(OC)c2)C1. The number of amides is 1. The van der Waals surface area contributed by atoms with Crippen LogP contribution < -0.4 is 9.64 Å². The molecule has 0 bridgehead atoms. The maximum Gasteiger partial charge on any atom is 0.245 e. The minimum Gasteiger partial charge on any atom is -0.497 e. The Morgan fingerprint density at radius 2 is 2.22 bits per heavy atom. The zero-order valence-electron chi connectivity index (χ0n) is 16.2. The van der Waals surface area contributed by atoms with Gasteiger partial charge >= 0.3 is 0 Å². The van der Waals surface area contributed by atoms with Gasteiger partial charge in [-0.2, -0.15) is 0 Å². The quantitative estimate of drug-likeness (QED) is 0.761. The van der Waals surface area contributed by atoms with E-state index in [1.54, 1.807) is 7.11 Å². The number of piperidine rings is 1. The Bertz CT molecular complexity index is 835. The molecule has 27 heavy (non-hydrogen) atoms. The van der Waals surface area contributed by atoms with E-state index in [-0.39, 0.29) is 11.8 Å². The van der Waals surface area contributed by atoms with E-state index in [1.807, 2.05) is 54.4 Å². The molecule has 3 rings (SSSR count). The van der Waals surface area contributed by atoms with Crippen LogP contribution in [0.4, 0.5) is 5.95 Å².